The van der Waals surface area contributed by atoms with E-state index in [0.717, 1.165) is 0 Å². The molecule has 0 fully saturated rings. The van der Waals surface area contributed by atoms with Crippen molar-refractivity contribution in [3.63, 3.8) is 0 Å². The third-order valence-corrected chi connectivity index (χ3v) is 3.91. The normalized spacial score (nSPS) is 10.6. The van der Waals surface area contributed by atoms with Crippen molar-refractivity contribution >= 4 is 29.7 Å². The average molecular weight is 379 g/mol. The first-order valence-electron chi connectivity index (χ1n) is 8.09. The van der Waals surface area contributed by atoms with Gasteiger partial charge in [0.2, 0.25) is 0 Å². The number of esters is 1. The fourth-order valence-corrected chi connectivity index (χ4v) is 2.48. The quantitative estimate of drug-likeness (QED) is 0.311. The fourth-order valence-electron chi connectivity index (χ4n) is 2.27. The zero-order valence-corrected chi connectivity index (χ0v) is 14.9. The van der Waals surface area contributed by atoms with Crippen LogP contribution in [0.1, 0.15) is 26.3 Å². The smallest absolute Gasteiger partial charge is 0.345 e. The Kier molecular flexibility index (Phi) is 5.97. The van der Waals surface area contributed by atoms with Crippen LogP contribution in [0.5, 0.6) is 5.75 Å². The maximum atomic E-state index is 12.2. The number of carbonyl (C=O) groups excluding carboxylic acids is 2. The van der Waals surface area contributed by atoms with Crippen LogP contribution in [0.15, 0.2) is 84.0 Å². The number of nitrogens with one attached hydrogen (secondary N) is 1. The van der Waals surface area contributed by atoms with Crippen molar-refractivity contribution in [2.75, 3.05) is 0 Å². The standard InChI is InChI=1S/C21H15ClN2O3/c22-19-12-5-4-11-18(19)21(26)27-17-10-6-7-15(13-17)14-23-24-20(25)16-8-2-1-3-9-16/h1-14H,(H,24,25)/b23-14+. The molecule has 0 saturated carbocycles. The Morgan fingerprint density at radius 3 is 2.44 bits per heavy atom. The number of hydrogen-bond acceptors (Lipinski definition) is 4. The molecule has 134 valence electrons. The molecule has 0 spiro atoms. The van der Waals surface area contributed by atoms with Gasteiger partial charge in [0.15, 0.2) is 0 Å². The molecule has 0 bridgehead atoms. The Labute approximate surface area is 161 Å². The highest BCUT2D eigenvalue weighted by Crippen LogP contribution is 2.19. The van der Waals surface area contributed by atoms with Gasteiger partial charge in [-0.05, 0) is 42.0 Å². The zero-order chi connectivity index (χ0) is 19.1. The fraction of sp³-hybridized carbons (Fsp3) is 0. The van der Waals surface area contributed by atoms with Gasteiger partial charge < -0.3 is 4.74 Å². The van der Waals surface area contributed by atoms with Gasteiger partial charge in [-0.2, -0.15) is 5.10 Å². The Morgan fingerprint density at radius 2 is 1.67 bits per heavy atom. The van der Waals surface area contributed by atoms with Crippen molar-refractivity contribution in [3.8, 4) is 5.75 Å². The van der Waals surface area contributed by atoms with Gasteiger partial charge in [-0.25, -0.2) is 10.2 Å². The average Bonchev–Trinajstić information content (AvgIpc) is 2.69. The van der Waals surface area contributed by atoms with Crippen LogP contribution < -0.4 is 10.2 Å². The number of halogens is 1. The van der Waals surface area contributed by atoms with Crippen molar-refractivity contribution in [3.05, 3.63) is 101 Å². The predicted molar refractivity (Wildman–Crippen MR) is 104 cm³/mol. The molecule has 0 aliphatic heterocycles. The van der Waals surface area contributed by atoms with Crippen LogP contribution in [0.2, 0.25) is 5.02 Å². The summed E-state index contributed by atoms with van der Waals surface area (Å²) in [6, 6.07) is 22.2. The molecule has 1 amide bonds. The second-order valence-electron chi connectivity index (χ2n) is 5.51. The molecular weight excluding hydrogens is 364 g/mol. The minimum absolute atomic E-state index is 0.286. The van der Waals surface area contributed by atoms with Crippen molar-refractivity contribution in [1.29, 1.82) is 0 Å². The highest BCUT2D eigenvalue weighted by atomic mass is 35.5. The molecule has 3 aromatic carbocycles. The maximum absolute atomic E-state index is 12.2. The van der Waals surface area contributed by atoms with Crippen molar-refractivity contribution in [2.45, 2.75) is 0 Å². The van der Waals surface area contributed by atoms with E-state index < -0.39 is 5.97 Å². The maximum Gasteiger partial charge on any atom is 0.345 e. The molecule has 0 aliphatic carbocycles. The summed E-state index contributed by atoms with van der Waals surface area (Å²) in [4.78, 5) is 24.1. The first-order valence-corrected chi connectivity index (χ1v) is 8.46. The van der Waals surface area contributed by atoms with Crippen LogP contribution in [-0.4, -0.2) is 18.1 Å². The minimum atomic E-state index is -0.549. The van der Waals surface area contributed by atoms with E-state index in [4.69, 9.17) is 16.3 Å². The summed E-state index contributed by atoms with van der Waals surface area (Å²) >= 11 is 6.00. The second-order valence-corrected chi connectivity index (χ2v) is 5.91. The minimum Gasteiger partial charge on any atom is -0.423 e. The van der Waals surface area contributed by atoms with Gasteiger partial charge in [0.05, 0.1) is 16.8 Å². The van der Waals surface area contributed by atoms with E-state index in [2.05, 4.69) is 10.5 Å². The van der Waals surface area contributed by atoms with E-state index in [-0.39, 0.29) is 11.5 Å². The number of rotatable bonds is 5. The van der Waals surface area contributed by atoms with E-state index >= 15 is 0 Å². The van der Waals surface area contributed by atoms with Gasteiger partial charge in [0.25, 0.3) is 5.91 Å². The summed E-state index contributed by atoms with van der Waals surface area (Å²) in [5.41, 5.74) is 3.90. The van der Waals surface area contributed by atoms with Crippen LogP contribution in [0.25, 0.3) is 0 Å². The number of ether oxygens (including phenoxy) is 1. The van der Waals surface area contributed by atoms with Crippen LogP contribution >= 0.6 is 11.6 Å². The number of carbonyl (C=O) groups is 2. The Morgan fingerprint density at radius 1 is 0.926 bits per heavy atom. The second kappa shape index (κ2) is 8.78. The Hall–Kier alpha value is -3.44. The molecule has 0 radical (unpaired) electrons. The lowest BCUT2D eigenvalue weighted by molar-refractivity contribution is 0.0734. The SMILES string of the molecule is O=C(N/N=C/c1cccc(OC(=O)c2ccccc2Cl)c1)c1ccccc1. The molecule has 0 unspecified atom stereocenters. The topological polar surface area (TPSA) is 67.8 Å². The number of amides is 1. The van der Waals surface area contributed by atoms with E-state index in [9.17, 15) is 9.59 Å². The molecule has 0 aliphatic rings. The molecule has 1 N–H and O–H groups in total. The molecule has 0 aromatic heterocycles. The lowest BCUT2D eigenvalue weighted by Gasteiger charge is -2.06. The first kappa shape index (κ1) is 18.4. The highest BCUT2D eigenvalue weighted by molar-refractivity contribution is 6.33. The zero-order valence-electron chi connectivity index (χ0n) is 14.1. The summed E-state index contributed by atoms with van der Waals surface area (Å²) in [6.45, 7) is 0. The molecule has 0 saturated heterocycles. The number of hydrazone groups is 1. The summed E-state index contributed by atoms with van der Waals surface area (Å²) in [6.07, 6.45) is 1.47. The largest absolute Gasteiger partial charge is 0.423 e. The van der Waals surface area contributed by atoms with Crippen LogP contribution in [-0.2, 0) is 0 Å². The summed E-state index contributed by atoms with van der Waals surface area (Å²) in [5, 5.41) is 4.25. The first-order chi connectivity index (χ1) is 13.1. The third kappa shape index (κ3) is 5.03. The third-order valence-electron chi connectivity index (χ3n) is 3.58. The molecule has 0 heterocycles. The lowest BCUT2D eigenvalue weighted by atomic mass is 10.2. The molecule has 27 heavy (non-hydrogen) atoms. The van der Waals surface area contributed by atoms with E-state index in [1.807, 2.05) is 6.07 Å². The molecule has 3 rings (SSSR count). The van der Waals surface area contributed by atoms with E-state index in [1.165, 1.54) is 6.21 Å². The van der Waals surface area contributed by atoms with Gasteiger partial charge in [0, 0.05) is 5.56 Å². The monoisotopic (exact) mass is 378 g/mol. The number of nitrogens with zero attached hydrogens (tertiary/aromatic N) is 1. The molecule has 3 aromatic rings. The number of hydrogen-bond donors (Lipinski definition) is 1. The van der Waals surface area contributed by atoms with Gasteiger partial charge in [-0.3, -0.25) is 4.79 Å². The van der Waals surface area contributed by atoms with Gasteiger partial charge >= 0.3 is 5.97 Å². The Balaban J connectivity index is 1.64. The van der Waals surface area contributed by atoms with Crippen molar-refractivity contribution in [2.24, 2.45) is 5.10 Å². The molecule has 5 nitrogen and oxygen atoms in total. The molecule has 6 heteroatoms. The van der Waals surface area contributed by atoms with E-state index in [1.54, 1.807) is 72.8 Å². The molecular formula is C21H15ClN2O3. The van der Waals surface area contributed by atoms with Crippen molar-refractivity contribution < 1.29 is 14.3 Å². The summed E-state index contributed by atoms with van der Waals surface area (Å²) in [7, 11) is 0. The van der Waals surface area contributed by atoms with E-state index in [0.29, 0.717) is 21.9 Å². The van der Waals surface area contributed by atoms with Gasteiger partial charge in [-0.1, -0.05) is 54.1 Å². The van der Waals surface area contributed by atoms with Gasteiger partial charge in [-0.15, -0.1) is 0 Å². The van der Waals surface area contributed by atoms with Crippen molar-refractivity contribution in [1.82, 2.24) is 5.43 Å². The Bertz CT molecular complexity index is 987. The lowest BCUT2D eigenvalue weighted by Crippen LogP contribution is -2.17. The van der Waals surface area contributed by atoms with Crippen LogP contribution in [0, 0.1) is 0 Å². The van der Waals surface area contributed by atoms with Crippen LogP contribution in [0.4, 0.5) is 0 Å². The van der Waals surface area contributed by atoms with Crippen LogP contribution in [0.3, 0.4) is 0 Å². The predicted octanol–water partition coefficient (Wildman–Crippen LogP) is 4.32. The number of benzene rings is 3. The van der Waals surface area contributed by atoms with Gasteiger partial charge in [0.1, 0.15) is 5.75 Å². The summed E-state index contributed by atoms with van der Waals surface area (Å²) < 4.78 is 5.35. The highest BCUT2D eigenvalue weighted by Gasteiger charge is 2.12. The molecule has 0 atom stereocenters. The summed E-state index contributed by atoms with van der Waals surface area (Å²) in [5.74, 6) is -0.515.